The van der Waals surface area contributed by atoms with Crippen molar-refractivity contribution in [2.24, 2.45) is 0 Å². The van der Waals surface area contributed by atoms with Crippen LogP contribution < -0.4 is 0 Å². The summed E-state index contributed by atoms with van der Waals surface area (Å²) in [7, 11) is 0. The molecule has 6 heterocycles. The van der Waals surface area contributed by atoms with Crippen molar-refractivity contribution < 1.29 is 60.3 Å². The van der Waals surface area contributed by atoms with Crippen LogP contribution in [0.1, 0.15) is 185 Å². The predicted molar refractivity (Wildman–Crippen MR) is 387 cm³/mol. The van der Waals surface area contributed by atoms with Gasteiger partial charge >= 0.3 is 0 Å². The Hall–Kier alpha value is -8.07. The standard InChI is InChI=1S/C29H34N5.C28H32N5.C24H24N5.3Ir/c1-18-14-19(2)24(20(3)15-18)26-33-32-25(21-10-12-22(13-11-21)28(4,5)6)34(26)23-16-30-27(31-17-23)29(7,8)9;1-16(2)23-10-9-11-24(17(3)4)25(23)28-32-31-27(22-13-18(5)12-19(6)14-22)33(28)26-20(7)29-15-30-21(26)8;1-15(2)19-10-7-11-20(12-19)23-27-28-24(22-16(3)8-6-9-17(22)4)29(23)21-13-25-14-26-18(21)5;;;/h10,12-17H,1-9H3;9-13,15-17H,1-8H3;6-10,12-15H,1-5H3;;;/q3*-1;;;. The fourth-order valence-electron chi connectivity index (χ4n) is 12.4. The molecule has 0 saturated carbocycles. The van der Waals surface area contributed by atoms with Crippen molar-refractivity contribution in [1.29, 1.82) is 0 Å². The summed E-state index contributed by atoms with van der Waals surface area (Å²) in [5.74, 6) is 6.52. The first-order chi connectivity index (χ1) is 45.5. The summed E-state index contributed by atoms with van der Waals surface area (Å²) in [5, 5.41) is 28.0. The number of hydrogen-bond acceptors (Lipinski definition) is 12. The largest absolute Gasteiger partial charge is 0.313 e. The molecular formula is C81H90Ir3N15-3. The SMILES string of the molecule is Cc1[c-]c(-c2nnc(-c3c(C(C)C)cccc3C(C)C)n2-c2c(C)ncnc2C)cc(C)c1.Cc1cc(C)c(-c2nnc(-c3[c-]cc(C(C)(C)C)cc3)n2-c2cnc(C(C)(C)C)nc2)c(C)c1.Cc1cccc(C)c1-c1nnc(-c2[c-]ccc(C(C)C)c2)n1-c1cncnc1C.[Ir].[Ir].[Ir]. The van der Waals surface area contributed by atoms with E-state index in [4.69, 9.17) is 10.2 Å². The number of aryl methyl sites for hydroxylation is 10. The average molecular weight is 1850 g/mol. The van der Waals surface area contributed by atoms with Gasteiger partial charge in [0.15, 0.2) is 17.5 Å². The molecule has 0 aliphatic heterocycles. The van der Waals surface area contributed by atoms with Gasteiger partial charge in [-0.15, -0.1) is 121 Å². The van der Waals surface area contributed by atoms with Gasteiger partial charge in [0, 0.05) is 82.4 Å². The van der Waals surface area contributed by atoms with Crippen molar-refractivity contribution in [1.82, 2.24) is 74.2 Å². The van der Waals surface area contributed by atoms with Crippen molar-refractivity contribution in [3.8, 4) is 85.4 Å². The molecular weight excluding hydrogens is 1760 g/mol. The maximum absolute atomic E-state index is 4.80. The normalized spacial score (nSPS) is 11.4. The van der Waals surface area contributed by atoms with Gasteiger partial charge in [-0.3, -0.25) is 0 Å². The maximum Gasteiger partial charge on any atom is 0.160 e. The molecule has 0 amide bonds. The van der Waals surface area contributed by atoms with Gasteiger partial charge in [0.1, 0.15) is 18.5 Å². The van der Waals surface area contributed by atoms with E-state index in [9.17, 15) is 0 Å². The van der Waals surface area contributed by atoms with Crippen molar-refractivity contribution in [2.75, 3.05) is 0 Å². The zero-order valence-electron chi connectivity index (χ0n) is 61.1. The molecule has 0 aliphatic carbocycles. The first-order valence-corrected chi connectivity index (χ1v) is 33.1. The van der Waals surface area contributed by atoms with E-state index >= 15 is 0 Å². The van der Waals surface area contributed by atoms with Gasteiger partial charge in [-0.05, 0) is 112 Å². The van der Waals surface area contributed by atoms with E-state index in [2.05, 4.69) is 305 Å². The molecule has 0 fully saturated rings. The molecule has 12 rings (SSSR count). The van der Waals surface area contributed by atoms with Gasteiger partial charge in [-0.1, -0.05) is 151 Å². The van der Waals surface area contributed by atoms with E-state index in [1.54, 1.807) is 12.7 Å². The summed E-state index contributed by atoms with van der Waals surface area (Å²) in [5.41, 5.74) is 24.3. The van der Waals surface area contributed by atoms with Crippen LogP contribution in [0.2, 0.25) is 0 Å². The van der Waals surface area contributed by atoms with Gasteiger partial charge in [0.25, 0.3) is 0 Å². The van der Waals surface area contributed by atoms with Crippen LogP contribution in [0.4, 0.5) is 0 Å². The molecule has 519 valence electrons. The number of nitrogens with zero attached hydrogens (tertiary/aromatic N) is 15. The van der Waals surface area contributed by atoms with Crippen molar-refractivity contribution in [3.63, 3.8) is 0 Å². The van der Waals surface area contributed by atoms with Crippen molar-refractivity contribution >= 4 is 0 Å². The molecule has 0 bridgehead atoms. The number of aromatic nitrogens is 15. The number of hydrogen-bond donors (Lipinski definition) is 0. The third-order valence-electron chi connectivity index (χ3n) is 17.3. The molecule has 6 aromatic carbocycles. The molecule has 0 saturated heterocycles. The number of benzene rings is 6. The number of rotatable bonds is 12. The molecule has 15 nitrogen and oxygen atoms in total. The second kappa shape index (κ2) is 32.5. The van der Waals surface area contributed by atoms with E-state index < -0.39 is 0 Å². The van der Waals surface area contributed by atoms with Crippen LogP contribution in [-0.4, -0.2) is 74.2 Å². The van der Waals surface area contributed by atoms with Crippen molar-refractivity contribution in [3.05, 3.63) is 231 Å². The maximum atomic E-state index is 4.80. The minimum Gasteiger partial charge on any atom is -0.313 e. The molecule has 99 heavy (non-hydrogen) atoms. The summed E-state index contributed by atoms with van der Waals surface area (Å²) < 4.78 is 6.25. The van der Waals surface area contributed by atoms with Crippen molar-refractivity contribution in [2.45, 2.75) is 181 Å². The molecule has 0 N–H and O–H groups in total. The van der Waals surface area contributed by atoms with Crippen LogP contribution in [-0.2, 0) is 71.1 Å². The molecule has 6 aromatic heterocycles. The third-order valence-corrected chi connectivity index (χ3v) is 17.3. The smallest absolute Gasteiger partial charge is 0.160 e. The zero-order valence-corrected chi connectivity index (χ0v) is 68.2. The Kier molecular flexibility index (Phi) is 25.7. The molecule has 0 spiro atoms. The van der Waals surface area contributed by atoms with Gasteiger partial charge in [0.2, 0.25) is 0 Å². The Morgan fingerprint density at radius 3 is 1.43 bits per heavy atom. The van der Waals surface area contributed by atoms with E-state index in [-0.39, 0.29) is 71.1 Å². The molecule has 18 heteroatoms. The van der Waals surface area contributed by atoms with Crippen LogP contribution in [0.25, 0.3) is 85.4 Å². The zero-order chi connectivity index (χ0) is 69.2. The quantitative estimate of drug-likeness (QED) is 0.106. The Bertz CT molecular complexity index is 4670. The van der Waals surface area contributed by atoms with Crippen LogP contribution in [0.5, 0.6) is 0 Å². The van der Waals surface area contributed by atoms with E-state index in [1.807, 2.05) is 45.4 Å². The molecule has 12 aromatic rings. The fraction of sp³-hybridized carbons (Fsp3) is 0.333. The second-order valence-corrected chi connectivity index (χ2v) is 28.3. The monoisotopic (exact) mass is 1850 g/mol. The van der Waals surface area contributed by atoms with Gasteiger partial charge in [0.05, 0.1) is 70.2 Å². The summed E-state index contributed by atoms with van der Waals surface area (Å²) in [6.45, 7) is 46.9. The summed E-state index contributed by atoms with van der Waals surface area (Å²) in [6, 6.07) is 44.2. The van der Waals surface area contributed by atoms with Crippen LogP contribution in [0.3, 0.4) is 0 Å². The Morgan fingerprint density at radius 2 is 0.919 bits per heavy atom. The van der Waals surface area contributed by atoms with Crippen LogP contribution in [0.15, 0.2) is 128 Å². The topological polar surface area (TPSA) is 169 Å². The molecule has 0 unspecified atom stereocenters. The Balaban J connectivity index is 0.000000206. The average Bonchev–Trinajstić information content (AvgIpc) is 1.68. The molecule has 0 atom stereocenters. The third kappa shape index (κ3) is 17.1. The predicted octanol–water partition coefficient (Wildman–Crippen LogP) is 18.6. The van der Waals surface area contributed by atoms with E-state index in [0.717, 1.165) is 136 Å². The summed E-state index contributed by atoms with van der Waals surface area (Å²) in [6.07, 6.45) is 8.73. The Labute approximate surface area is 626 Å². The molecule has 0 aliphatic rings. The van der Waals surface area contributed by atoms with Crippen LogP contribution in [0, 0.1) is 87.4 Å². The minimum atomic E-state index is -0.127. The van der Waals surface area contributed by atoms with Gasteiger partial charge < -0.3 is 13.7 Å². The first-order valence-electron chi connectivity index (χ1n) is 33.1. The van der Waals surface area contributed by atoms with E-state index in [0.29, 0.717) is 17.8 Å². The van der Waals surface area contributed by atoms with Gasteiger partial charge in [-0.25, -0.2) is 29.9 Å². The summed E-state index contributed by atoms with van der Waals surface area (Å²) >= 11 is 0. The minimum absolute atomic E-state index is 0. The van der Waals surface area contributed by atoms with Crippen LogP contribution >= 0.6 is 0 Å². The molecule has 3 radical (unpaired) electrons. The van der Waals surface area contributed by atoms with E-state index in [1.165, 1.54) is 33.4 Å². The Morgan fingerprint density at radius 1 is 0.414 bits per heavy atom. The summed E-state index contributed by atoms with van der Waals surface area (Å²) in [4.78, 5) is 27.1. The fourth-order valence-corrected chi connectivity index (χ4v) is 12.4. The second-order valence-electron chi connectivity index (χ2n) is 28.3. The first kappa shape index (κ1) is 78.3. The van der Waals surface area contributed by atoms with Gasteiger partial charge in [-0.2, -0.15) is 15.3 Å².